The number of morpholine rings is 1. The van der Waals surface area contributed by atoms with Crippen LogP contribution in [0.5, 0.6) is 0 Å². The first kappa shape index (κ1) is 26.6. The first-order valence-corrected chi connectivity index (χ1v) is 13.7. The van der Waals surface area contributed by atoms with Crippen molar-refractivity contribution in [1.29, 1.82) is 0 Å². The quantitative estimate of drug-likeness (QED) is 0.463. The predicted molar refractivity (Wildman–Crippen MR) is 139 cm³/mol. The molecule has 184 valence electrons. The van der Waals surface area contributed by atoms with Crippen LogP contribution in [0.2, 0.25) is 0 Å². The van der Waals surface area contributed by atoms with Gasteiger partial charge in [-0.05, 0) is 67.8 Å². The molecule has 0 bridgehead atoms. The molecule has 1 fully saturated rings. The zero-order valence-corrected chi connectivity index (χ0v) is 22.1. The average molecular weight is 524 g/mol. The highest BCUT2D eigenvalue weighted by Gasteiger charge is 2.22. The summed E-state index contributed by atoms with van der Waals surface area (Å²) in [5.41, 5.74) is 3.69. The van der Waals surface area contributed by atoms with Crippen molar-refractivity contribution in [3.8, 4) is 0 Å². The number of carbonyl (C=O) groups is 1. The van der Waals surface area contributed by atoms with Gasteiger partial charge in [0.1, 0.15) is 0 Å². The second kappa shape index (κ2) is 11.1. The van der Waals surface area contributed by atoms with Crippen molar-refractivity contribution in [3.63, 3.8) is 0 Å². The minimum Gasteiger partial charge on any atom is -0.379 e. The van der Waals surface area contributed by atoms with Gasteiger partial charge in [0.05, 0.1) is 28.3 Å². The summed E-state index contributed by atoms with van der Waals surface area (Å²) in [7, 11) is -3.32. The van der Waals surface area contributed by atoms with E-state index in [1.54, 1.807) is 17.0 Å². The SMILES string of the molecule is Cc1cc2nc(N(CCCN3CCOCC3)C(=O)c3ccc(S(C)(=O)=O)cc3)sc2cc1C.Cl. The van der Waals surface area contributed by atoms with Crippen molar-refractivity contribution in [2.75, 3.05) is 50.5 Å². The second-order valence-electron chi connectivity index (χ2n) is 8.46. The molecule has 0 unspecified atom stereocenters. The molecule has 1 aliphatic heterocycles. The number of carbonyl (C=O) groups excluding carboxylic acids is 1. The summed E-state index contributed by atoms with van der Waals surface area (Å²) in [6.07, 6.45) is 1.97. The summed E-state index contributed by atoms with van der Waals surface area (Å²) in [4.78, 5) is 22.6. The monoisotopic (exact) mass is 523 g/mol. The van der Waals surface area contributed by atoms with E-state index in [1.807, 2.05) is 0 Å². The van der Waals surface area contributed by atoms with Crippen LogP contribution in [0.25, 0.3) is 10.2 Å². The van der Waals surface area contributed by atoms with E-state index in [0.717, 1.165) is 55.7 Å². The van der Waals surface area contributed by atoms with Crippen molar-refractivity contribution >= 4 is 54.8 Å². The smallest absolute Gasteiger partial charge is 0.260 e. The standard InChI is InChI=1S/C24H29N3O4S2.ClH/c1-17-15-21-22(16-18(17)2)32-24(25-21)27(10-4-9-26-11-13-31-14-12-26)23(28)19-5-7-20(8-6-19)33(3,29)30;/h5-8,15-16H,4,9-14H2,1-3H3;1H. The molecule has 10 heteroatoms. The highest BCUT2D eigenvalue weighted by atomic mass is 35.5. The molecular formula is C24H30ClN3O4S2. The Labute approximate surface area is 211 Å². The van der Waals surface area contributed by atoms with Gasteiger partial charge in [-0.2, -0.15) is 0 Å². The van der Waals surface area contributed by atoms with Crippen molar-refractivity contribution in [2.24, 2.45) is 0 Å². The molecule has 2 aromatic carbocycles. The summed E-state index contributed by atoms with van der Waals surface area (Å²) >= 11 is 1.51. The third-order valence-electron chi connectivity index (χ3n) is 5.96. The molecule has 0 radical (unpaired) electrons. The third-order valence-corrected chi connectivity index (χ3v) is 8.13. The van der Waals surface area contributed by atoms with E-state index in [9.17, 15) is 13.2 Å². The predicted octanol–water partition coefficient (Wildman–Crippen LogP) is 4.11. The van der Waals surface area contributed by atoms with Crippen LogP contribution in [0.1, 0.15) is 27.9 Å². The number of rotatable bonds is 7. The van der Waals surface area contributed by atoms with Gasteiger partial charge in [0, 0.05) is 38.0 Å². The molecule has 3 aromatic rings. The van der Waals surface area contributed by atoms with E-state index in [-0.39, 0.29) is 23.2 Å². The minimum atomic E-state index is -3.32. The topological polar surface area (TPSA) is 79.8 Å². The molecule has 1 saturated heterocycles. The van der Waals surface area contributed by atoms with Crippen molar-refractivity contribution in [2.45, 2.75) is 25.2 Å². The number of nitrogens with zero attached hydrogens (tertiary/aromatic N) is 3. The van der Waals surface area contributed by atoms with Gasteiger partial charge in [-0.15, -0.1) is 12.4 Å². The van der Waals surface area contributed by atoms with E-state index in [0.29, 0.717) is 17.2 Å². The molecule has 1 aromatic heterocycles. The molecule has 0 N–H and O–H groups in total. The van der Waals surface area contributed by atoms with E-state index in [4.69, 9.17) is 9.72 Å². The van der Waals surface area contributed by atoms with Crippen molar-refractivity contribution in [3.05, 3.63) is 53.1 Å². The summed E-state index contributed by atoms with van der Waals surface area (Å²) < 4.78 is 30.1. The molecule has 2 heterocycles. The van der Waals surface area contributed by atoms with Gasteiger partial charge in [-0.25, -0.2) is 13.4 Å². The van der Waals surface area contributed by atoms with E-state index < -0.39 is 9.84 Å². The number of thiazole rings is 1. The fraction of sp³-hybridized carbons (Fsp3) is 0.417. The lowest BCUT2D eigenvalue weighted by molar-refractivity contribution is 0.0376. The largest absolute Gasteiger partial charge is 0.379 e. The molecule has 0 saturated carbocycles. The maximum Gasteiger partial charge on any atom is 0.260 e. The van der Waals surface area contributed by atoms with E-state index >= 15 is 0 Å². The summed E-state index contributed by atoms with van der Waals surface area (Å²) in [6, 6.07) is 10.3. The number of anilines is 1. The van der Waals surface area contributed by atoms with Crippen LogP contribution in [0.4, 0.5) is 5.13 Å². The number of aromatic nitrogens is 1. The van der Waals surface area contributed by atoms with Crippen LogP contribution in [-0.4, -0.2) is 69.9 Å². The van der Waals surface area contributed by atoms with Crippen LogP contribution in [0.15, 0.2) is 41.3 Å². The number of amides is 1. The molecule has 1 aliphatic rings. The van der Waals surface area contributed by atoms with Gasteiger partial charge in [0.25, 0.3) is 5.91 Å². The Morgan fingerprint density at radius 1 is 1.12 bits per heavy atom. The van der Waals surface area contributed by atoms with Gasteiger partial charge in [0.2, 0.25) is 0 Å². The van der Waals surface area contributed by atoms with Gasteiger partial charge < -0.3 is 4.74 Å². The van der Waals surface area contributed by atoms with Crippen LogP contribution < -0.4 is 4.90 Å². The molecule has 4 rings (SSSR count). The van der Waals surface area contributed by atoms with Gasteiger partial charge >= 0.3 is 0 Å². The Hall–Kier alpha value is -2.04. The van der Waals surface area contributed by atoms with Crippen LogP contribution in [0, 0.1) is 13.8 Å². The lowest BCUT2D eigenvalue weighted by atomic mass is 10.1. The first-order valence-electron chi connectivity index (χ1n) is 11.0. The average Bonchev–Trinajstić information content (AvgIpc) is 3.19. The lowest BCUT2D eigenvalue weighted by Gasteiger charge is -2.27. The first-order chi connectivity index (χ1) is 15.7. The second-order valence-corrected chi connectivity index (χ2v) is 11.5. The Kier molecular flexibility index (Phi) is 8.70. The third kappa shape index (κ3) is 6.14. The number of hydrogen-bond acceptors (Lipinski definition) is 7. The summed E-state index contributed by atoms with van der Waals surface area (Å²) in [5.74, 6) is -0.176. The molecule has 0 spiro atoms. The van der Waals surface area contributed by atoms with Crippen molar-refractivity contribution < 1.29 is 17.9 Å². The Morgan fingerprint density at radius 3 is 2.41 bits per heavy atom. The van der Waals surface area contributed by atoms with Gasteiger partial charge in [-0.1, -0.05) is 11.3 Å². The van der Waals surface area contributed by atoms with Crippen LogP contribution in [-0.2, 0) is 14.6 Å². The van der Waals surface area contributed by atoms with Gasteiger partial charge in [-0.3, -0.25) is 14.6 Å². The number of fused-ring (bicyclic) bond motifs is 1. The Bertz CT molecular complexity index is 1210. The number of ether oxygens (including phenoxy) is 1. The number of aryl methyl sites for hydroxylation is 2. The number of hydrogen-bond donors (Lipinski definition) is 0. The number of sulfone groups is 1. The number of halogens is 1. The molecular weight excluding hydrogens is 494 g/mol. The molecule has 7 nitrogen and oxygen atoms in total. The molecule has 1 amide bonds. The molecule has 0 aliphatic carbocycles. The zero-order valence-electron chi connectivity index (χ0n) is 19.6. The minimum absolute atomic E-state index is 0. The summed E-state index contributed by atoms with van der Waals surface area (Å²) in [6.45, 7) is 8.83. The lowest BCUT2D eigenvalue weighted by Crippen LogP contribution is -2.39. The maximum atomic E-state index is 13.5. The highest BCUT2D eigenvalue weighted by molar-refractivity contribution is 7.90. The van der Waals surface area contributed by atoms with Crippen LogP contribution >= 0.6 is 23.7 Å². The summed E-state index contributed by atoms with van der Waals surface area (Å²) in [5, 5.41) is 0.661. The number of benzene rings is 2. The maximum absolute atomic E-state index is 13.5. The van der Waals surface area contributed by atoms with Crippen molar-refractivity contribution in [1.82, 2.24) is 9.88 Å². The van der Waals surface area contributed by atoms with Crippen LogP contribution in [0.3, 0.4) is 0 Å². The van der Waals surface area contributed by atoms with E-state index in [1.165, 1.54) is 34.6 Å². The zero-order chi connectivity index (χ0) is 23.6. The Morgan fingerprint density at radius 2 is 1.76 bits per heavy atom. The molecule has 34 heavy (non-hydrogen) atoms. The molecule has 0 atom stereocenters. The fourth-order valence-electron chi connectivity index (χ4n) is 3.85. The highest BCUT2D eigenvalue weighted by Crippen LogP contribution is 2.32. The normalized spacial score (nSPS) is 14.7. The Balaban J connectivity index is 0.00000324. The van der Waals surface area contributed by atoms with Gasteiger partial charge in [0.15, 0.2) is 15.0 Å². The van der Waals surface area contributed by atoms with E-state index in [2.05, 4.69) is 30.9 Å². The fourth-order valence-corrected chi connectivity index (χ4v) is 5.55.